The lowest BCUT2D eigenvalue weighted by Crippen LogP contribution is -2.42. The number of amides is 1. The van der Waals surface area contributed by atoms with Crippen molar-refractivity contribution in [1.82, 2.24) is 25.2 Å². The van der Waals surface area contributed by atoms with Gasteiger partial charge in [-0.15, -0.1) is 0 Å². The number of nitrogens with one attached hydrogen (secondary N) is 2. The predicted octanol–water partition coefficient (Wildman–Crippen LogP) is 5.08. The maximum atomic E-state index is 13.2. The first kappa shape index (κ1) is 23.4. The van der Waals surface area contributed by atoms with Gasteiger partial charge in [-0.2, -0.15) is 0 Å². The van der Waals surface area contributed by atoms with Crippen LogP contribution in [0.2, 0.25) is 0 Å². The molecule has 184 valence electrons. The molecule has 0 saturated carbocycles. The molecule has 0 unspecified atom stereocenters. The van der Waals surface area contributed by atoms with E-state index in [-0.39, 0.29) is 5.91 Å². The van der Waals surface area contributed by atoms with Crippen LogP contribution in [-0.2, 0) is 6.54 Å². The van der Waals surface area contributed by atoms with Crippen molar-refractivity contribution in [2.24, 2.45) is 0 Å². The van der Waals surface area contributed by atoms with Crippen LogP contribution < -0.4 is 10.6 Å². The van der Waals surface area contributed by atoms with Crippen LogP contribution >= 0.6 is 11.3 Å². The molecule has 0 radical (unpaired) electrons. The van der Waals surface area contributed by atoms with Crippen molar-refractivity contribution >= 4 is 33.3 Å². The van der Waals surface area contributed by atoms with Crippen LogP contribution in [0.25, 0.3) is 32.0 Å². The Morgan fingerprint density at radius 1 is 0.973 bits per heavy atom. The molecule has 8 heteroatoms. The quantitative estimate of drug-likeness (QED) is 0.334. The van der Waals surface area contributed by atoms with Crippen molar-refractivity contribution in [3.05, 3.63) is 96.4 Å². The highest BCUT2D eigenvalue weighted by Gasteiger charge is 2.16. The minimum atomic E-state index is -0.171. The first-order chi connectivity index (χ1) is 18.2. The molecule has 3 aromatic heterocycles. The molecule has 1 saturated heterocycles. The van der Waals surface area contributed by atoms with E-state index in [1.807, 2.05) is 66.9 Å². The first-order valence-electron chi connectivity index (χ1n) is 12.3. The van der Waals surface area contributed by atoms with Gasteiger partial charge in [-0.3, -0.25) is 14.7 Å². The summed E-state index contributed by atoms with van der Waals surface area (Å²) in [7, 11) is 0. The van der Waals surface area contributed by atoms with Gasteiger partial charge in [-0.1, -0.05) is 41.7 Å². The molecule has 1 amide bonds. The van der Waals surface area contributed by atoms with E-state index in [4.69, 9.17) is 9.97 Å². The monoisotopic (exact) mass is 506 g/mol. The summed E-state index contributed by atoms with van der Waals surface area (Å²) in [5.74, 6) is -0.171. The van der Waals surface area contributed by atoms with Crippen molar-refractivity contribution in [1.29, 1.82) is 0 Å². The number of carbonyl (C=O) groups excluding carboxylic acids is 1. The van der Waals surface area contributed by atoms with E-state index in [2.05, 4.69) is 26.6 Å². The van der Waals surface area contributed by atoms with Crippen LogP contribution in [0, 0.1) is 0 Å². The number of rotatable bonds is 6. The van der Waals surface area contributed by atoms with Crippen LogP contribution in [0.3, 0.4) is 0 Å². The normalized spacial score (nSPS) is 14.1. The van der Waals surface area contributed by atoms with Gasteiger partial charge >= 0.3 is 0 Å². The Hall–Kier alpha value is -3.98. The molecule has 0 atom stereocenters. The summed E-state index contributed by atoms with van der Waals surface area (Å²) >= 11 is 1.54. The molecule has 5 aromatic rings. The van der Waals surface area contributed by atoms with Gasteiger partial charge in [0.05, 0.1) is 5.69 Å². The Kier molecular flexibility index (Phi) is 6.68. The molecule has 0 aliphatic carbocycles. The Morgan fingerprint density at radius 2 is 1.84 bits per heavy atom. The third-order valence-corrected chi connectivity index (χ3v) is 7.46. The summed E-state index contributed by atoms with van der Waals surface area (Å²) in [4.78, 5) is 30.3. The molecule has 1 fully saturated rings. The number of anilines is 1. The minimum Gasteiger partial charge on any atom is -0.321 e. The number of hydrogen-bond donors (Lipinski definition) is 2. The zero-order valence-corrected chi connectivity index (χ0v) is 21.0. The van der Waals surface area contributed by atoms with Gasteiger partial charge in [0.25, 0.3) is 5.91 Å². The summed E-state index contributed by atoms with van der Waals surface area (Å²) in [6.45, 7) is 5.00. The number of carbonyl (C=O) groups is 1. The minimum absolute atomic E-state index is 0.171. The van der Waals surface area contributed by atoms with Gasteiger partial charge in [-0.05, 0) is 47.5 Å². The Balaban J connectivity index is 1.24. The molecular weight excluding hydrogens is 480 g/mol. The second kappa shape index (κ2) is 10.6. The lowest BCUT2D eigenvalue weighted by Gasteiger charge is -2.26. The molecule has 0 spiro atoms. The van der Waals surface area contributed by atoms with Crippen molar-refractivity contribution in [2.45, 2.75) is 6.54 Å². The number of para-hydroxylation sites is 1. The maximum Gasteiger partial charge on any atom is 0.255 e. The number of hydrogen-bond acceptors (Lipinski definition) is 7. The third-order valence-electron chi connectivity index (χ3n) is 6.45. The van der Waals surface area contributed by atoms with Crippen LogP contribution in [0.1, 0.15) is 15.9 Å². The van der Waals surface area contributed by atoms with Gasteiger partial charge < -0.3 is 10.6 Å². The number of benzene rings is 2. The third kappa shape index (κ3) is 5.27. The molecule has 2 N–H and O–H groups in total. The average Bonchev–Trinajstić information content (AvgIpc) is 3.38. The standard InChI is InChI=1S/C29H26N6OS/c36-27(22-6-3-5-21(16-22)23-7-4-10-31-18-23)33-25-9-2-1-8-24(25)28-34-26-15-20(17-32-29(26)37-28)19-35-13-11-30-12-14-35/h1-10,15-18,30H,11-14,19H2,(H,33,36). The second-order valence-electron chi connectivity index (χ2n) is 9.04. The summed E-state index contributed by atoms with van der Waals surface area (Å²) < 4.78 is 0. The highest BCUT2D eigenvalue weighted by atomic mass is 32.1. The van der Waals surface area contributed by atoms with Crippen LogP contribution in [-0.4, -0.2) is 51.9 Å². The zero-order chi connectivity index (χ0) is 25.0. The van der Waals surface area contributed by atoms with Gasteiger partial charge in [0.2, 0.25) is 0 Å². The molecule has 7 nitrogen and oxygen atoms in total. The maximum absolute atomic E-state index is 13.2. The van der Waals surface area contributed by atoms with Gasteiger partial charge in [0.15, 0.2) is 0 Å². The van der Waals surface area contributed by atoms with Crippen LogP contribution in [0.4, 0.5) is 5.69 Å². The number of aromatic nitrogens is 3. The van der Waals surface area contributed by atoms with Crippen LogP contribution in [0.5, 0.6) is 0 Å². The van der Waals surface area contributed by atoms with E-state index in [9.17, 15) is 4.79 Å². The molecular formula is C29H26N6OS. The summed E-state index contributed by atoms with van der Waals surface area (Å²) in [5.41, 5.74) is 6.16. The van der Waals surface area contributed by atoms with E-state index in [1.54, 1.807) is 12.4 Å². The van der Waals surface area contributed by atoms with E-state index in [0.29, 0.717) is 5.56 Å². The molecule has 0 bridgehead atoms. The number of fused-ring (bicyclic) bond motifs is 1. The fourth-order valence-corrected chi connectivity index (χ4v) is 5.47. The van der Waals surface area contributed by atoms with Crippen molar-refractivity contribution in [2.75, 3.05) is 31.5 Å². The molecule has 2 aromatic carbocycles. The largest absolute Gasteiger partial charge is 0.321 e. The number of pyridine rings is 2. The van der Waals surface area contributed by atoms with Crippen molar-refractivity contribution in [3.8, 4) is 21.7 Å². The summed E-state index contributed by atoms with van der Waals surface area (Å²) in [5, 5.41) is 7.32. The van der Waals surface area contributed by atoms with Crippen molar-refractivity contribution < 1.29 is 4.79 Å². The fourth-order valence-electron chi connectivity index (χ4n) is 4.54. The highest BCUT2D eigenvalue weighted by Crippen LogP contribution is 2.34. The number of piperazine rings is 1. The molecule has 6 rings (SSSR count). The van der Waals surface area contributed by atoms with E-state index >= 15 is 0 Å². The van der Waals surface area contributed by atoms with E-state index < -0.39 is 0 Å². The predicted molar refractivity (Wildman–Crippen MR) is 149 cm³/mol. The lowest BCUT2D eigenvalue weighted by molar-refractivity contribution is 0.102. The number of thiazole rings is 1. The Morgan fingerprint density at radius 3 is 2.70 bits per heavy atom. The average molecular weight is 507 g/mol. The molecule has 1 aliphatic rings. The molecule has 37 heavy (non-hydrogen) atoms. The SMILES string of the molecule is O=C(Nc1ccccc1-c1nc2cc(CN3CCNCC3)cnc2s1)c1cccc(-c2cccnc2)c1. The summed E-state index contributed by atoms with van der Waals surface area (Å²) in [6.07, 6.45) is 5.49. The van der Waals surface area contributed by atoms with Gasteiger partial charge in [0.1, 0.15) is 15.4 Å². The summed E-state index contributed by atoms with van der Waals surface area (Å²) in [6, 6.07) is 21.4. The van der Waals surface area contributed by atoms with Gasteiger partial charge in [-0.25, -0.2) is 9.97 Å². The Labute approximate surface area is 219 Å². The van der Waals surface area contributed by atoms with E-state index in [0.717, 1.165) is 70.5 Å². The first-order valence-corrected chi connectivity index (χ1v) is 13.1. The molecule has 1 aliphatic heterocycles. The zero-order valence-electron chi connectivity index (χ0n) is 20.2. The van der Waals surface area contributed by atoms with Crippen molar-refractivity contribution in [3.63, 3.8) is 0 Å². The second-order valence-corrected chi connectivity index (χ2v) is 10.0. The topological polar surface area (TPSA) is 83.0 Å². The lowest BCUT2D eigenvalue weighted by atomic mass is 10.0. The van der Waals surface area contributed by atoms with Gasteiger partial charge in [0, 0.05) is 68.0 Å². The van der Waals surface area contributed by atoms with E-state index in [1.165, 1.54) is 16.9 Å². The highest BCUT2D eigenvalue weighted by molar-refractivity contribution is 7.21. The Bertz CT molecular complexity index is 1540. The molecule has 4 heterocycles. The fraction of sp³-hybridized carbons (Fsp3) is 0.172. The smallest absolute Gasteiger partial charge is 0.255 e. The van der Waals surface area contributed by atoms with Crippen LogP contribution in [0.15, 0.2) is 85.3 Å². The number of nitrogens with zero attached hydrogens (tertiary/aromatic N) is 4.